The van der Waals surface area contributed by atoms with Crippen molar-refractivity contribution in [1.82, 2.24) is 15.2 Å². The Morgan fingerprint density at radius 2 is 2.06 bits per heavy atom. The highest BCUT2D eigenvalue weighted by Gasteiger charge is 2.18. The van der Waals surface area contributed by atoms with Gasteiger partial charge in [-0.2, -0.15) is 0 Å². The zero-order valence-corrected chi connectivity index (χ0v) is 12.2. The fourth-order valence-corrected chi connectivity index (χ4v) is 2.33. The molecule has 1 aliphatic heterocycles. The molecule has 1 N–H and O–H groups in total. The molecule has 6 heteroatoms. The smallest absolute Gasteiger partial charge is 0.152 e. The zero-order valence-electron chi connectivity index (χ0n) is 10.6. The average Bonchev–Trinajstić information content (AvgIpc) is 2.38. The van der Waals surface area contributed by atoms with E-state index >= 15 is 0 Å². The largest absolute Gasteiger partial charge is 0.366 e. The molecular weight excluding hydrogens is 271 g/mol. The van der Waals surface area contributed by atoms with Crippen LogP contribution >= 0.6 is 24.0 Å². The van der Waals surface area contributed by atoms with Gasteiger partial charge in [-0.25, -0.2) is 4.98 Å². The van der Waals surface area contributed by atoms with Crippen LogP contribution in [0.2, 0.25) is 5.15 Å². The molecule has 2 rings (SSSR count). The Morgan fingerprint density at radius 3 is 2.67 bits per heavy atom. The molecule has 0 spiro atoms. The highest BCUT2D eigenvalue weighted by Crippen LogP contribution is 2.23. The van der Waals surface area contributed by atoms with E-state index in [2.05, 4.69) is 20.1 Å². The van der Waals surface area contributed by atoms with E-state index in [1.165, 1.54) is 0 Å². The highest BCUT2D eigenvalue weighted by molar-refractivity contribution is 6.32. The Bertz CT molecular complexity index is 354. The molecule has 2 heterocycles. The van der Waals surface area contributed by atoms with Gasteiger partial charge in [-0.15, -0.1) is 12.4 Å². The van der Waals surface area contributed by atoms with Crippen LogP contribution in [-0.2, 0) is 0 Å². The topological polar surface area (TPSA) is 31.4 Å². The molecule has 0 bridgehead atoms. The number of pyridine rings is 1. The molecule has 0 radical (unpaired) electrons. The second kappa shape index (κ2) is 7.79. The summed E-state index contributed by atoms with van der Waals surface area (Å²) >= 11 is 6.10. The molecular formula is C12H20Cl2N4. The second-order valence-corrected chi connectivity index (χ2v) is 4.60. The number of nitrogens with zero attached hydrogens (tertiary/aromatic N) is 3. The molecule has 1 aromatic heterocycles. The minimum atomic E-state index is 0. The van der Waals surface area contributed by atoms with E-state index in [1.54, 1.807) is 6.20 Å². The van der Waals surface area contributed by atoms with Gasteiger partial charge in [0, 0.05) is 45.5 Å². The summed E-state index contributed by atoms with van der Waals surface area (Å²) in [6.45, 7) is 6.39. The predicted molar refractivity (Wildman–Crippen MR) is 79.1 cm³/mol. The number of anilines is 1. The first-order valence-electron chi connectivity index (χ1n) is 6.03. The summed E-state index contributed by atoms with van der Waals surface area (Å²) in [6.07, 6.45) is 1.73. The van der Waals surface area contributed by atoms with E-state index < -0.39 is 0 Å². The van der Waals surface area contributed by atoms with Gasteiger partial charge in [0.05, 0.1) is 5.69 Å². The van der Waals surface area contributed by atoms with E-state index in [-0.39, 0.29) is 12.4 Å². The number of likely N-dealkylation sites (N-methyl/N-ethyl adjacent to an activating group) is 1. The Hall–Kier alpha value is -0.550. The van der Waals surface area contributed by atoms with Crippen molar-refractivity contribution in [2.45, 2.75) is 0 Å². The van der Waals surface area contributed by atoms with Crippen LogP contribution in [-0.4, -0.2) is 56.2 Å². The minimum absolute atomic E-state index is 0. The summed E-state index contributed by atoms with van der Waals surface area (Å²) < 4.78 is 0. The van der Waals surface area contributed by atoms with Crippen LogP contribution < -0.4 is 10.2 Å². The van der Waals surface area contributed by atoms with Crippen LogP contribution in [0.3, 0.4) is 0 Å². The monoisotopic (exact) mass is 290 g/mol. The fraction of sp³-hybridized carbons (Fsp3) is 0.583. The molecule has 0 aromatic carbocycles. The lowest BCUT2D eigenvalue weighted by atomic mass is 10.2. The molecule has 1 saturated heterocycles. The Kier molecular flexibility index (Phi) is 6.71. The molecule has 0 aliphatic carbocycles. The van der Waals surface area contributed by atoms with Crippen LogP contribution in [0.1, 0.15) is 0 Å². The number of hydrogen-bond acceptors (Lipinski definition) is 4. The molecule has 1 aliphatic rings. The number of aromatic nitrogens is 1. The zero-order chi connectivity index (χ0) is 12.1. The second-order valence-electron chi connectivity index (χ2n) is 4.25. The standard InChI is InChI=1S/C12H19ClN4.ClH/c1-14-5-6-16-7-9-17(10-8-16)11-3-2-4-15-12(11)13;/h2-4,14H,5-10H2,1H3;1H. The van der Waals surface area contributed by atoms with Gasteiger partial charge < -0.3 is 10.2 Å². The summed E-state index contributed by atoms with van der Waals surface area (Å²) in [4.78, 5) is 8.90. The van der Waals surface area contributed by atoms with E-state index in [0.717, 1.165) is 45.0 Å². The third kappa shape index (κ3) is 3.99. The third-order valence-corrected chi connectivity index (χ3v) is 3.42. The first-order chi connectivity index (χ1) is 8.31. The molecule has 18 heavy (non-hydrogen) atoms. The maximum Gasteiger partial charge on any atom is 0.152 e. The van der Waals surface area contributed by atoms with Crippen LogP contribution in [0.5, 0.6) is 0 Å². The van der Waals surface area contributed by atoms with Crippen molar-refractivity contribution < 1.29 is 0 Å². The van der Waals surface area contributed by atoms with Gasteiger partial charge in [0.2, 0.25) is 0 Å². The van der Waals surface area contributed by atoms with Crippen molar-refractivity contribution >= 4 is 29.7 Å². The van der Waals surface area contributed by atoms with Crippen molar-refractivity contribution in [2.24, 2.45) is 0 Å². The van der Waals surface area contributed by atoms with E-state index in [0.29, 0.717) is 5.15 Å². The van der Waals surface area contributed by atoms with Gasteiger partial charge in [0.1, 0.15) is 0 Å². The summed E-state index contributed by atoms with van der Waals surface area (Å²) in [5, 5.41) is 3.79. The summed E-state index contributed by atoms with van der Waals surface area (Å²) in [5.74, 6) is 0. The average molecular weight is 291 g/mol. The van der Waals surface area contributed by atoms with Gasteiger partial charge in [-0.3, -0.25) is 4.90 Å². The maximum absolute atomic E-state index is 6.10. The van der Waals surface area contributed by atoms with Crippen LogP contribution in [0.4, 0.5) is 5.69 Å². The Balaban J connectivity index is 0.00000162. The van der Waals surface area contributed by atoms with Crippen molar-refractivity contribution in [1.29, 1.82) is 0 Å². The number of piperazine rings is 1. The quantitative estimate of drug-likeness (QED) is 0.852. The number of hydrogen-bond donors (Lipinski definition) is 1. The summed E-state index contributed by atoms with van der Waals surface area (Å²) in [7, 11) is 1.99. The predicted octanol–water partition coefficient (Wildman–Crippen LogP) is 1.50. The molecule has 102 valence electrons. The van der Waals surface area contributed by atoms with Crippen molar-refractivity contribution in [2.75, 3.05) is 51.2 Å². The van der Waals surface area contributed by atoms with Crippen molar-refractivity contribution in [3.05, 3.63) is 23.5 Å². The van der Waals surface area contributed by atoms with Gasteiger partial charge in [0.15, 0.2) is 5.15 Å². The minimum Gasteiger partial charge on any atom is -0.366 e. The summed E-state index contributed by atoms with van der Waals surface area (Å²) in [6, 6.07) is 3.98. The lowest BCUT2D eigenvalue weighted by Gasteiger charge is -2.36. The molecule has 0 saturated carbocycles. The molecule has 1 fully saturated rings. The van der Waals surface area contributed by atoms with Crippen LogP contribution in [0, 0.1) is 0 Å². The lowest BCUT2D eigenvalue weighted by molar-refractivity contribution is 0.259. The number of nitrogens with one attached hydrogen (secondary N) is 1. The van der Waals surface area contributed by atoms with Crippen LogP contribution in [0.25, 0.3) is 0 Å². The first kappa shape index (κ1) is 15.5. The van der Waals surface area contributed by atoms with Crippen LogP contribution in [0.15, 0.2) is 18.3 Å². The van der Waals surface area contributed by atoms with Gasteiger partial charge in [0.25, 0.3) is 0 Å². The molecule has 0 amide bonds. The van der Waals surface area contributed by atoms with Gasteiger partial charge in [-0.05, 0) is 19.2 Å². The number of halogens is 2. The van der Waals surface area contributed by atoms with E-state index in [9.17, 15) is 0 Å². The first-order valence-corrected chi connectivity index (χ1v) is 6.41. The van der Waals surface area contributed by atoms with E-state index in [1.807, 2.05) is 19.2 Å². The number of rotatable bonds is 4. The van der Waals surface area contributed by atoms with Crippen molar-refractivity contribution in [3.8, 4) is 0 Å². The van der Waals surface area contributed by atoms with Gasteiger partial charge >= 0.3 is 0 Å². The Morgan fingerprint density at radius 1 is 1.33 bits per heavy atom. The maximum atomic E-state index is 6.10. The molecule has 0 unspecified atom stereocenters. The third-order valence-electron chi connectivity index (χ3n) is 3.13. The summed E-state index contributed by atoms with van der Waals surface area (Å²) in [5.41, 5.74) is 1.06. The lowest BCUT2D eigenvalue weighted by Crippen LogP contribution is -2.48. The SMILES string of the molecule is CNCCN1CCN(c2cccnc2Cl)CC1.Cl. The normalized spacial score (nSPS) is 16.4. The highest BCUT2D eigenvalue weighted by atomic mass is 35.5. The molecule has 1 aromatic rings. The Labute approximate surface area is 120 Å². The van der Waals surface area contributed by atoms with Gasteiger partial charge in [-0.1, -0.05) is 11.6 Å². The fourth-order valence-electron chi connectivity index (χ4n) is 2.10. The van der Waals surface area contributed by atoms with Crippen molar-refractivity contribution in [3.63, 3.8) is 0 Å². The van der Waals surface area contributed by atoms with E-state index in [4.69, 9.17) is 11.6 Å². The molecule has 4 nitrogen and oxygen atoms in total. The molecule has 0 atom stereocenters.